The highest BCUT2D eigenvalue weighted by molar-refractivity contribution is 6.35. The summed E-state index contributed by atoms with van der Waals surface area (Å²) in [6, 6.07) is 11.9. The van der Waals surface area contributed by atoms with Crippen LogP contribution in [-0.4, -0.2) is 37.4 Å². The average Bonchev–Trinajstić information content (AvgIpc) is 2.59. The van der Waals surface area contributed by atoms with Crippen molar-refractivity contribution < 1.29 is 9.59 Å². The number of hydrogen-bond acceptors (Lipinski definition) is 3. The van der Waals surface area contributed by atoms with Crippen LogP contribution in [0.3, 0.4) is 0 Å². The highest BCUT2D eigenvalue weighted by Crippen LogP contribution is 2.26. The summed E-state index contributed by atoms with van der Waals surface area (Å²) in [5.74, 6) is -0.281. The molecule has 1 atom stereocenters. The Hall–Kier alpha value is -2.24. The normalized spacial score (nSPS) is 11.6. The molecule has 0 aromatic heterocycles. The molecule has 5 nitrogen and oxygen atoms in total. The van der Waals surface area contributed by atoms with Crippen LogP contribution < -0.4 is 10.6 Å². The van der Waals surface area contributed by atoms with E-state index in [-0.39, 0.29) is 24.4 Å². The number of carbonyl (C=O) groups is 2. The molecule has 0 spiro atoms. The summed E-state index contributed by atoms with van der Waals surface area (Å²) >= 11 is 12.1. The molecule has 2 amide bonds. The van der Waals surface area contributed by atoms with Gasteiger partial charge in [-0.25, -0.2) is 0 Å². The van der Waals surface area contributed by atoms with Gasteiger partial charge in [0.15, 0.2) is 0 Å². The number of benzene rings is 2. The number of hydrogen-bond donors (Lipinski definition) is 2. The third kappa shape index (κ3) is 5.38. The van der Waals surface area contributed by atoms with Gasteiger partial charge >= 0.3 is 0 Å². The van der Waals surface area contributed by atoms with Gasteiger partial charge in [-0.3, -0.25) is 9.59 Å². The van der Waals surface area contributed by atoms with E-state index in [1.165, 1.54) is 4.90 Å². The standard InChI is InChI=1S/C19H21Cl2N3O2/c1-12(16-8-7-14(20)10-17(16)21)23-18(25)11-22-15-6-4-5-13(9-15)19(26)24(2)3/h4-10,12,22H,11H2,1-3H3,(H,23,25). The van der Waals surface area contributed by atoms with E-state index in [1.54, 1.807) is 56.6 Å². The zero-order valence-electron chi connectivity index (χ0n) is 14.8. The molecule has 0 heterocycles. The van der Waals surface area contributed by atoms with Crippen molar-refractivity contribution in [2.75, 3.05) is 26.0 Å². The van der Waals surface area contributed by atoms with E-state index in [0.717, 1.165) is 5.56 Å². The zero-order valence-corrected chi connectivity index (χ0v) is 16.4. The predicted octanol–water partition coefficient (Wildman–Crippen LogP) is 3.98. The lowest BCUT2D eigenvalue weighted by Crippen LogP contribution is -2.32. The lowest BCUT2D eigenvalue weighted by Gasteiger charge is -2.17. The third-order valence-electron chi connectivity index (χ3n) is 3.78. The fourth-order valence-electron chi connectivity index (χ4n) is 2.43. The highest BCUT2D eigenvalue weighted by Gasteiger charge is 2.13. The SMILES string of the molecule is CC(NC(=O)CNc1cccc(C(=O)N(C)C)c1)c1ccc(Cl)cc1Cl. The number of nitrogens with one attached hydrogen (secondary N) is 2. The molecule has 138 valence electrons. The Labute approximate surface area is 163 Å². The van der Waals surface area contributed by atoms with Crippen molar-refractivity contribution >= 4 is 40.7 Å². The molecule has 2 aromatic carbocycles. The Morgan fingerprint density at radius 3 is 2.50 bits per heavy atom. The van der Waals surface area contributed by atoms with E-state index in [2.05, 4.69) is 10.6 Å². The number of halogens is 2. The van der Waals surface area contributed by atoms with Crippen LogP contribution in [0.5, 0.6) is 0 Å². The van der Waals surface area contributed by atoms with E-state index in [1.807, 2.05) is 6.92 Å². The first-order valence-electron chi connectivity index (χ1n) is 8.08. The van der Waals surface area contributed by atoms with Gasteiger partial charge in [-0.05, 0) is 42.8 Å². The maximum atomic E-state index is 12.2. The van der Waals surface area contributed by atoms with Crippen molar-refractivity contribution in [3.8, 4) is 0 Å². The first kappa shape index (κ1) is 20.1. The molecule has 0 saturated carbocycles. The Bertz CT molecular complexity index is 809. The van der Waals surface area contributed by atoms with E-state index >= 15 is 0 Å². The zero-order chi connectivity index (χ0) is 19.3. The lowest BCUT2D eigenvalue weighted by molar-refractivity contribution is -0.120. The van der Waals surface area contributed by atoms with E-state index in [0.29, 0.717) is 21.3 Å². The fourth-order valence-corrected chi connectivity index (χ4v) is 3.00. The maximum Gasteiger partial charge on any atom is 0.253 e. The van der Waals surface area contributed by atoms with Crippen molar-refractivity contribution in [3.63, 3.8) is 0 Å². The topological polar surface area (TPSA) is 61.4 Å². The predicted molar refractivity (Wildman–Crippen MR) is 106 cm³/mol. The van der Waals surface area contributed by atoms with Gasteiger partial charge in [-0.1, -0.05) is 35.3 Å². The molecule has 26 heavy (non-hydrogen) atoms. The number of nitrogens with zero attached hydrogens (tertiary/aromatic N) is 1. The Kier molecular flexibility index (Phi) is 6.89. The average molecular weight is 394 g/mol. The van der Waals surface area contributed by atoms with Crippen molar-refractivity contribution in [2.45, 2.75) is 13.0 Å². The largest absolute Gasteiger partial charge is 0.376 e. The van der Waals surface area contributed by atoms with Crippen LogP contribution >= 0.6 is 23.2 Å². The van der Waals surface area contributed by atoms with Crippen molar-refractivity contribution in [2.24, 2.45) is 0 Å². The lowest BCUT2D eigenvalue weighted by atomic mass is 10.1. The molecule has 0 radical (unpaired) electrons. The maximum absolute atomic E-state index is 12.2. The molecule has 1 unspecified atom stereocenters. The molecule has 0 aliphatic heterocycles. The summed E-state index contributed by atoms with van der Waals surface area (Å²) in [5, 5.41) is 6.96. The summed E-state index contributed by atoms with van der Waals surface area (Å²) in [4.78, 5) is 25.7. The summed E-state index contributed by atoms with van der Waals surface area (Å²) in [5.41, 5.74) is 2.05. The van der Waals surface area contributed by atoms with Gasteiger partial charge < -0.3 is 15.5 Å². The van der Waals surface area contributed by atoms with Crippen LogP contribution in [0, 0.1) is 0 Å². The minimum Gasteiger partial charge on any atom is -0.376 e. The van der Waals surface area contributed by atoms with Crippen LogP contribution in [0.25, 0.3) is 0 Å². The number of amides is 2. The van der Waals surface area contributed by atoms with Crippen LogP contribution in [0.15, 0.2) is 42.5 Å². The molecule has 0 fully saturated rings. The Balaban J connectivity index is 1.94. The van der Waals surface area contributed by atoms with Crippen LogP contribution in [0.1, 0.15) is 28.9 Å². The Morgan fingerprint density at radius 2 is 1.85 bits per heavy atom. The first-order valence-corrected chi connectivity index (χ1v) is 8.83. The Morgan fingerprint density at radius 1 is 1.12 bits per heavy atom. The highest BCUT2D eigenvalue weighted by atomic mass is 35.5. The van der Waals surface area contributed by atoms with Gasteiger partial charge in [0.25, 0.3) is 5.91 Å². The van der Waals surface area contributed by atoms with Crippen LogP contribution in [-0.2, 0) is 4.79 Å². The minimum atomic E-state index is -0.254. The van der Waals surface area contributed by atoms with Crippen molar-refractivity contribution in [1.82, 2.24) is 10.2 Å². The molecule has 0 aliphatic carbocycles. The fraction of sp³-hybridized carbons (Fsp3) is 0.263. The van der Waals surface area contributed by atoms with Crippen molar-refractivity contribution in [3.05, 3.63) is 63.6 Å². The molecule has 0 aliphatic rings. The van der Waals surface area contributed by atoms with Crippen molar-refractivity contribution in [1.29, 1.82) is 0 Å². The molecule has 0 saturated heterocycles. The summed E-state index contributed by atoms with van der Waals surface area (Å²) in [7, 11) is 3.39. The molecule has 2 rings (SSSR count). The van der Waals surface area contributed by atoms with Crippen LogP contribution in [0.4, 0.5) is 5.69 Å². The number of rotatable bonds is 6. The molecular formula is C19H21Cl2N3O2. The minimum absolute atomic E-state index is 0.0785. The molecule has 0 bridgehead atoms. The molecule has 2 N–H and O–H groups in total. The molecule has 2 aromatic rings. The molecular weight excluding hydrogens is 373 g/mol. The monoisotopic (exact) mass is 393 g/mol. The second-order valence-electron chi connectivity index (χ2n) is 6.09. The number of carbonyl (C=O) groups excluding carboxylic acids is 2. The third-order valence-corrected chi connectivity index (χ3v) is 4.34. The van der Waals surface area contributed by atoms with Gasteiger partial charge in [-0.2, -0.15) is 0 Å². The van der Waals surface area contributed by atoms with E-state index in [9.17, 15) is 9.59 Å². The number of anilines is 1. The quantitative estimate of drug-likeness (QED) is 0.779. The second kappa shape index (κ2) is 8.92. The van der Waals surface area contributed by atoms with Gasteiger partial charge in [-0.15, -0.1) is 0 Å². The second-order valence-corrected chi connectivity index (χ2v) is 6.93. The van der Waals surface area contributed by atoms with Crippen LogP contribution in [0.2, 0.25) is 10.0 Å². The van der Waals surface area contributed by atoms with E-state index in [4.69, 9.17) is 23.2 Å². The van der Waals surface area contributed by atoms with Gasteiger partial charge in [0.05, 0.1) is 12.6 Å². The van der Waals surface area contributed by atoms with Gasteiger partial charge in [0.1, 0.15) is 0 Å². The van der Waals surface area contributed by atoms with Gasteiger partial charge in [0.2, 0.25) is 5.91 Å². The summed E-state index contributed by atoms with van der Waals surface area (Å²) in [6.45, 7) is 1.93. The smallest absolute Gasteiger partial charge is 0.253 e. The van der Waals surface area contributed by atoms with Gasteiger partial charge in [0, 0.05) is 35.4 Å². The van der Waals surface area contributed by atoms with E-state index < -0.39 is 0 Å². The first-order chi connectivity index (χ1) is 12.3. The summed E-state index contributed by atoms with van der Waals surface area (Å²) < 4.78 is 0. The molecule has 7 heteroatoms. The summed E-state index contributed by atoms with van der Waals surface area (Å²) in [6.07, 6.45) is 0.